The Kier molecular flexibility index (Phi) is 9.43. The van der Waals surface area contributed by atoms with Crippen molar-refractivity contribution >= 4 is 17.8 Å². The topological polar surface area (TPSA) is 94.2 Å². The number of carbonyl (C=O) groups is 3. The third-order valence-corrected chi connectivity index (χ3v) is 4.49. The van der Waals surface area contributed by atoms with Gasteiger partial charge in [-0.15, -0.1) is 0 Å². The summed E-state index contributed by atoms with van der Waals surface area (Å²) < 4.78 is 16.0. The van der Waals surface area contributed by atoms with Crippen LogP contribution >= 0.6 is 0 Å². The molecule has 29 heavy (non-hydrogen) atoms. The molecule has 1 unspecified atom stereocenters. The number of hydrogen-bond acceptors (Lipinski definition) is 6. The van der Waals surface area contributed by atoms with Crippen LogP contribution in [0.3, 0.4) is 0 Å². The molecule has 1 fully saturated rings. The Bertz CT molecular complexity index is 694. The first-order valence-electron chi connectivity index (χ1n) is 10.1. The summed E-state index contributed by atoms with van der Waals surface area (Å²) >= 11 is 0. The summed E-state index contributed by atoms with van der Waals surface area (Å²) in [5.74, 6) is -0.596. The van der Waals surface area contributed by atoms with E-state index in [1.54, 1.807) is 24.3 Å². The van der Waals surface area contributed by atoms with E-state index in [2.05, 4.69) is 5.32 Å². The van der Waals surface area contributed by atoms with Gasteiger partial charge in [0.05, 0.1) is 19.6 Å². The molecule has 0 spiro atoms. The summed E-state index contributed by atoms with van der Waals surface area (Å²) in [5, 5.41) is 2.71. The molecule has 160 valence electrons. The minimum absolute atomic E-state index is 0.161. The summed E-state index contributed by atoms with van der Waals surface area (Å²) in [7, 11) is 0. The molecule has 1 aromatic carbocycles. The van der Waals surface area contributed by atoms with E-state index in [9.17, 15) is 14.4 Å². The molecule has 8 nitrogen and oxygen atoms in total. The number of ether oxygens (including phenoxy) is 3. The van der Waals surface area contributed by atoms with Crippen molar-refractivity contribution < 1.29 is 28.6 Å². The standard InChI is InChI=1S/C21H30N2O6/c1-3-5-11-29-19(24)15-18-20(25)22-9-10-23(18)21(26)16-7-6-8-17(14-16)28-13-12-27-4-2/h6-8,14,18H,3-5,9-13,15H2,1-2H3,(H,22,25). The predicted octanol–water partition coefficient (Wildman–Crippen LogP) is 1.78. The number of nitrogens with zero attached hydrogens (tertiary/aromatic N) is 1. The molecule has 1 atom stereocenters. The fourth-order valence-corrected chi connectivity index (χ4v) is 2.96. The molecule has 0 saturated carbocycles. The second-order valence-electron chi connectivity index (χ2n) is 6.66. The first-order chi connectivity index (χ1) is 14.1. The van der Waals surface area contributed by atoms with Crippen LogP contribution in [0, 0.1) is 0 Å². The Labute approximate surface area is 171 Å². The average molecular weight is 406 g/mol. The molecular weight excluding hydrogens is 376 g/mol. The van der Waals surface area contributed by atoms with E-state index in [4.69, 9.17) is 14.2 Å². The van der Waals surface area contributed by atoms with Crippen LogP contribution in [0.15, 0.2) is 24.3 Å². The van der Waals surface area contributed by atoms with Crippen LogP contribution in [0.4, 0.5) is 0 Å². The van der Waals surface area contributed by atoms with Crippen LogP contribution in [0.2, 0.25) is 0 Å². The van der Waals surface area contributed by atoms with Crippen LogP contribution in [0.25, 0.3) is 0 Å². The van der Waals surface area contributed by atoms with Gasteiger partial charge in [-0.1, -0.05) is 19.4 Å². The average Bonchev–Trinajstić information content (AvgIpc) is 2.72. The van der Waals surface area contributed by atoms with E-state index >= 15 is 0 Å². The van der Waals surface area contributed by atoms with Crippen molar-refractivity contribution in [2.45, 2.75) is 39.2 Å². The maximum atomic E-state index is 13.0. The Hall–Kier alpha value is -2.61. The Balaban J connectivity index is 2.04. The lowest BCUT2D eigenvalue weighted by Gasteiger charge is -2.34. The molecule has 2 amide bonds. The van der Waals surface area contributed by atoms with Gasteiger partial charge >= 0.3 is 5.97 Å². The lowest BCUT2D eigenvalue weighted by molar-refractivity contribution is -0.147. The van der Waals surface area contributed by atoms with Gasteiger partial charge in [0.15, 0.2) is 0 Å². The molecule has 1 aliphatic heterocycles. The van der Waals surface area contributed by atoms with Crippen molar-refractivity contribution in [3.05, 3.63) is 29.8 Å². The van der Waals surface area contributed by atoms with Gasteiger partial charge in [0, 0.05) is 25.3 Å². The molecule has 1 saturated heterocycles. The molecule has 0 bridgehead atoms. The van der Waals surface area contributed by atoms with Crippen LogP contribution < -0.4 is 10.1 Å². The highest BCUT2D eigenvalue weighted by Gasteiger charge is 2.35. The van der Waals surface area contributed by atoms with Crippen molar-refractivity contribution in [1.82, 2.24) is 10.2 Å². The molecule has 1 N–H and O–H groups in total. The Morgan fingerprint density at radius 1 is 1.21 bits per heavy atom. The van der Waals surface area contributed by atoms with Gasteiger partial charge in [0.25, 0.3) is 5.91 Å². The molecule has 1 aliphatic rings. The number of amides is 2. The number of esters is 1. The normalized spacial score (nSPS) is 16.3. The Morgan fingerprint density at radius 2 is 2.03 bits per heavy atom. The Morgan fingerprint density at radius 3 is 2.79 bits per heavy atom. The third kappa shape index (κ3) is 7.05. The van der Waals surface area contributed by atoms with Gasteiger partial charge in [-0.2, -0.15) is 0 Å². The zero-order chi connectivity index (χ0) is 21.1. The highest BCUT2D eigenvalue weighted by molar-refractivity contribution is 5.99. The maximum Gasteiger partial charge on any atom is 0.308 e. The number of carbonyl (C=O) groups excluding carboxylic acids is 3. The summed E-state index contributed by atoms with van der Waals surface area (Å²) in [6.45, 7) is 6.35. The SMILES string of the molecule is CCCCOC(=O)CC1C(=O)NCCN1C(=O)c1cccc(OCCOCC)c1. The van der Waals surface area contributed by atoms with Crippen molar-refractivity contribution in [2.24, 2.45) is 0 Å². The summed E-state index contributed by atoms with van der Waals surface area (Å²) in [6, 6.07) is 5.90. The van der Waals surface area contributed by atoms with Crippen LogP contribution in [-0.4, -0.2) is 68.2 Å². The van der Waals surface area contributed by atoms with Gasteiger partial charge < -0.3 is 24.4 Å². The quantitative estimate of drug-likeness (QED) is 0.445. The molecule has 0 aliphatic carbocycles. The molecule has 2 rings (SSSR count). The summed E-state index contributed by atoms with van der Waals surface area (Å²) in [6.07, 6.45) is 1.51. The highest BCUT2D eigenvalue weighted by atomic mass is 16.5. The van der Waals surface area contributed by atoms with Crippen molar-refractivity contribution in [1.29, 1.82) is 0 Å². The first kappa shape index (κ1) is 22.7. The van der Waals surface area contributed by atoms with Crippen LogP contribution in [0.1, 0.15) is 43.5 Å². The molecular formula is C21H30N2O6. The van der Waals surface area contributed by atoms with E-state index in [0.717, 1.165) is 12.8 Å². The number of rotatable bonds is 11. The third-order valence-electron chi connectivity index (χ3n) is 4.49. The lowest BCUT2D eigenvalue weighted by atomic mass is 10.1. The minimum atomic E-state index is -0.882. The van der Waals surface area contributed by atoms with E-state index in [-0.39, 0.29) is 18.2 Å². The van der Waals surface area contributed by atoms with Gasteiger partial charge in [-0.05, 0) is 31.5 Å². The van der Waals surface area contributed by atoms with Crippen LogP contribution in [-0.2, 0) is 19.1 Å². The van der Waals surface area contributed by atoms with E-state index in [1.165, 1.54) is 4.90 Å². The zero-order valence-electron chi connectivity index (χ0n) is 17.1. The second-order valence-corrected chi connectivity index (χ2v) is 6.66. The van der Waals surface area contributed by atoms with Crippen LogP contribution in [0.5, 0.6) is 5.75 Å². The fraction of sp³-hybridized carbons (Fsp3) is 0.571. The minimum Gasteiger partial charge on any atom is -0.491 e. The van der Waals surface area contributed by atoms with Crippen molar-refractivity contribution in [2.75, 3.05) is 39.5 Å². The summed E-state index contributed by atoms with van der Waals surface area (Å²) in [4.78, 5) is 38.9. The highest BCUT2D eigenvalue weighted by Crippen LogP contribution is 2.19. The number of piperazine rings is 1. The predicted molar refractivity (Wildman–Crippen MR) is 107 cm³/mol. The number of nitrogens with one attached hydrogen (secondary N) is 1. The lowest BCUT2D eigenvalue weighted by Crippen LogP contribution is -2.57. The summed E-state index contributed by atoms with van der Waals surface area (Å²) in [5.41, 5.74) is 0.401. The molecule has 0 radical (unpaired) electrons. The van der Waals surface area contributed by atoms with Gasteiger partial charge in [-0.3, -0.25) is 14.4 Å². The first-order valence-corrected chi connectivity index (χ1v) is 10.1. The van der Waals surface area contributed by atoms with Crippen molar-refractivity contribution in [3.8, 4) is 5.75 Å². The number of unbranched alkanes of at least 4 members (excludes halogenated alkanes) is 1. The zero-order valence-corrected chi connectivity index (χ0v) is 17.1. The van der Waals surface area contributed by atoms with Gasteiger partial charge in [-0.25, -0.2) is 0 Å². The molecule has 1 heterocycles. The number of hydrogen-bond donors (Lipinski definition) is 1. The van der Waals surface area contributed by atoms with E-state index < -0.39 is 12.0 Å². The van der Waals surface area contributed by atoms with E-state index in [0.29, 0.717) is 50.8 Å². The molecule has 1 aromatic rings. The molecule has 8 heteroatoms. The monoisotopic (exact) mass is 406 g/mol. The smallest absolute Gasteiger partial charge is 0.308 e. The molecule has 0 aromatic heterocycles. The van der Waals surface area contributed by atoms with Crippen molar-refractivity contribution in [3.63, 3.8) is 0 Å². The van der Waals surface area contributed by atoms with Gasteiger partial charge in [0.1, 0.15) is 18.4 Å². The maximum absolute atomic E-state index is 13.0. The fourth-order valence-electron chi connectivity index (χ4n) is 2.96. The number of benzene rings is 1. The van der Waals surface area contributed by atoms with E-state index in [1.807, 2.05) is 13.8 Å². The van der Waals surface area contributed by atoms with Gasteiger partial charge in [0.2, 0.25) is 5.91 Å². The largest absolute Gasteiger partial charge is 0.491 e. The second kappa shape index (κ2) is 12.1.